The van der Waals surface area contributed by atoms with Crippen LogP contribution in [0.15, 0.2) is 10.9 Å². The second-order valence-corrected chi connectivity index (χ2v) is 2.92. The fraction of sp³-hybridized carbons (Fsp3) is 0.375. The van der Waals surface area contributed by atoms with Crippen LogP contribution in [-0.4, -0.2) is 10.1 Å². The third-order valence-corrected chi connectivity index (χ3v) is 2.07. The van der Waals surface area contributed by atoms with Crippen LogP contribution in [0.1, 0.15) is 23.2 Å². The highest BCUT2D eigenvalue weighted by molar-refractivity contribution is 6.17. The van der Waals surface area contributed by atoms with Crippen molar-refractivity contribution in [2.24, 2.45) is 0 Å². The van der Waals surface area contributed by atoms with Crippen molar-refractivity contribution in [1.82, 2.24) is 4.98 Å². The van der Waals surface area contributed by atoms with Crippen LogP contribution in [0.2, 0.25) is 0 Å². The molecule has 0 radical (unpaired) electrons. The molecule has 0 atom stereocenters. The van der Waals surface area contributed by atoms with Gasteiger partial charge in [0.25, 0.3) is 12.0 Å². The molecule has 0 aromatic carbocycles. The number of alkyl halides is 3. The van der Waals surface area contributed by atoms with E-state index < -0.39 is 24.3 Å². The quantitative estimate of drug-likeness (QED) is 0.764. The summed E-state index contributed by atoms with van der Waals surface area (Å²) in [4.78, 5) is 13.1. The fourth-order valence-corrected chi connectivity index (χ4v) is 1.31. The second kappa shape index (κ2) is 4.52. The van der Waals surface area contributed by atoms with Crippen LogP contribution < -0.4 is 5.56 Å². The summed E-state index contributed by atoms with van der Waals surface area (Å²) in [6.45, 7) is -0.513. The molecule has 0 bridgehead atoms. The Morgan fingerprint density at radius 3 is 2.64 bits per heavy atom. The highest BCUT2D eigenvalue weighted by atomic mass is 35.5. The fourth-order valence-electron chi connectivity index (χ4n) is 1.07. The first kappa shape index (κ1) is 11.1. The molecule has 2 N–H and O–H groups in total. The van der Waals surface area contributed by atoms with Crippen molar-refractivity contribution in [2.75, 3.05) is 0 Å². The van der Waals surface area contributed by atoms with Gasteiger partial charge in [0.15, 0.2) is 0 Å². The van der Waals surface area contributed by atoms with E-state index in [1.165, 1.54) is 0 Å². The maximum absolute atomic E-state index is 12.2. The molecule has 0 unspecified atom stereocenters. The van der Waals surface area contributed by atoms with Gasteiger partial charge in [-0.3, -0.25) is 4.79 Å². The van der Waals surface area contributed by atoms with Gasteiger partial charge in [0, 0.05) is 11.4 Å². The summed E-state index contributed by atoms with van der Waals surface area (Å²) in [5.74, 6) is -0.0838. The van der Waals surface area contributed by atoms with Gasteiger partial charge in [0.1, 0.15) is 0 Å². The molecule has 14 heavy (non-hydrogen) atoms. The van der Waals surface area contributed by atoms with Crippen LogP contribution >= 0.6 is 11.6 Å². The number of hydrogen-bond acceptors (Lipinski definition) is 2. The molecule has 1 rings (SSSR count). The molecule has 0 spiro atoms. The number of halogens is 3. The van der Waals surface area contributed by atoms with Crippen molar-refractivity contribution >= 4 is 11.6 Å². The number of hydrogen-bond donors (Lipinski definition) is 2. The van der Waals surface area contributed by atoms with E-state index in [9.17, 15) is 13.6 Å². The Hall–Kier alpha value is -0.940. The summed E-state index contributed by atoms with van der Waals surface area (Å²) in [5, 5.41) is 8.79. The summed E-state index contributed by atoms with van der Waals surface area (Å²) in [5.41, 5.74) is -0.943. The molecule has 0 saturated carbocycles. The summed E-state index contributed by atoms with van der Waals surface area (Å²) in [6, 6.07) is 1.09. The Morgan fingerprint density at radius 1 is 1.57 bits per heavy atom. The largest absolute Gasteiger partial charge is 0.391 e. The molecule has 1 aromatic heterocycles. The lowest BCUT2D eigenvalue weighted by Gasteiger charge is -2.06. The van der Waals surface area contributed by atoms with Crippen LogP contribution in [0, 0.1) is 0 Å². The number of rotatable bonds is 3. The number of aromatic amines is 1. The number of H-pyrrole nitrogens is 1. The van der Waals surface area contributed by atoms with E-state index >= 15 is 0 Å². The van der Waals surface area contributed by atoms with Crippen LogP contribution in [0.3, 0.4) is 0 Å². The maximum Gasteiger partial charge on any atom is 0.278 e. The molecule has 0 aliphatic rings. The van der Waals surface area contributed by atoms with Gasteiger partial charge in [-0.2, -0.15) is 0 Å². The molecule has 0 amide bonds. The van der Waals surface area contributed by atoms with Gasteiger partial charge in [-0.25, -0.2) is 8.78 Å². The topological polar surface area (TPSA) is 53.1 Å². The third-order valence-electron chi connectivity index (χ3n) is 1.79. The first-order valence-corrected chi connectivity index (χ1v) is 4.33. The number of pyridine rings is 1. The Balaban J connectivity index is 3.32. The molecule has 0 aliphatic heterocycles. The zero-order valence-electron chi connectivity index (χ0n) is 7.06. The summed E-state index contributed by atoms with van der Waals surface area (Å²) >= 11 is 5.45. The lowest BCUT2D eigenvalue weighted by atomic mass is 10.1. The Kier molecular flexibility index (Phi) is 3.60. The van der Waals surface area contributed by atoms with E-state index in [4.69, 9.17) is 16.7 Å². The molecule has 1 aromatic rings. The van der Waals surface area contributed by atoms with E-state index in [0.717, 1.165) is 6.07 Å². The second-order valence-electron chi connectivity index (χ2n) is 2.65. The molecule has 1 heterocycles. The van der Waals surface area contributed by atoms with E-state index in [2.05, 4.69) is 0 Å². The monoisotopic (exact) mass is 223 g/mol. The predicted molar refractivity (Wildman–Crippen MR) is 47.5 cm³/mol. The summed E-state index contributed by atoms with van der Waals surface area (Å²) < 4.78 is 24.4. The minimum Gasteiger partial charge on any atom is -0.391 e. The zero-order chi connectivity index (χ0) is 10.7. The minimum absolute atomic E-state index is 0.0319. The van der Waals surface area contributed by atoms with Crippen LogP contribution in [0.5, 0.6) is 0 Å². The van der Waals surface area contributed by atoms with Gasteiger partial charge in [0.05, 0.1) is 12.3 Å². The molecule has 0 saturated heterocycles. The Labute approximate surface area is 83.3 Å². The first-order chi connectivity index (χ1) is 6.60. The van der Waals surface area contributed by atoms with Gasteiger partial charge in [0.2, 0.25) is 0 Å². The highest BCUT2D eigenvalue weighted by Gasteiger charge is 2.13. The molecule has 0 fully saturated rings. The van der Waals surface area contributed by atoms with Gasteiger partial charge < -0.3 is 10.1 Å². The van der Waals surface area contributed by atoms with E-state index in [1.807, 2.05) is 4.98 Å². The molecule has 6 heteroatoms. The van der Waals surface area contributed by atoms with Crippen molar-refractivity contribution < 1.29 is 13.9 Å². The van der Waals surface area contributed by atoms with Crippen molar-refractivity contribution in [3.8, 4) is 0 Å². The van der Waals surface area contributed by atoms with Gasteiger partial charge >= 0.3 is 0 Å². The van der Waals surface area contributed by atoms with Gasteiger partial charge in [-0.05, 0) is 11.6 Å². The van der Waals surface area contributed by atoms with Crippen molar-refractivity contribution in [3.05, 3.63) is 33.2 Å². The molecule has 3 nitrogen and oxygen atoms in total. The lowest BCUT2D eigenvalue weighted by molar-refractivity contribution is 0.145. The highest BCUT2D eigenvalue weighted by Crippen LogP contribution is 2.18. The van der Waals surface area contributed by atoms with Crippen LogP contribution in [-0.2, 0) is 12.5 Å². The lowest BCUT2D eigenvalue weighted by Crippen LogP contribution is -2.17. The number of aromatic nitrogens is 1. The van der Waals surface area contributed by atoms with Gasteiger partial charge in [-0.15, -0.1) is 11.6 Å². The van der Waals surface area contributed by atoms with Crippen molar-refractivity contribution in [2.45, 2.75) is 18.9 Å². The SMILES string of the molecule is O=c1[nH]c(C(F)F)cc(CCl)c1CO. The molecular formula is C8H8ClF2NO2. The average Bonchev–Trinajstić information content (AvgIpc) is 2.16. The molecule has 78 valence electrons. The van der Waals surface area contributed by atoms with E-state index in [0.29, 0.717) is 0 Å². The number of aliphatic hydroxyl groups excluding tert-OH is 1. The predicted octanol–water partition coefficient (Wildman–Crippen LogP) is 1.54. The number of aliphatic hydroxyl groups is 1. The van der Waals surface area contributed by atoms with Crippen LogP contribution in [0.25, 0.3) is 0 Å². The zero-order valence-corrected chi connectivity index (χ0v) is 7.81. The maximum atomic E-state index is 12.2. The smallest absolute Gasteiger partial charge is 0.278 e. The first-order valence-electron chi connectivity index (χ1n) is 3.80. The average molecular weight is 224 g/mol. The Morgan fingerprint density at radius 2 is 2.21 bits per heavy atom. The van der Waals surface area contributed by atoms with Gasteiger partial charge in [-0.1, -0.05) is 0 Å². The molecular weight excluding hydrogens is 216 g/mol. The molecule has 0 aliphatic carbocycles. The van der Waals surface area contributed by atoms with E-state index in [-0.39, 0.29) is 17.0 Å². The van der Waals surface area contributed by atoms with Crippen molar-refractivity contribution in [1.29, 1.82) is 0 Å². The van der Waals surface area contributed by atoms with E-state index in [1.54, 1.807) is 0 Å². The minimum atomic E-state index is -2.75. The normalized spacial score (nSPS) is 10.9. The number of nitrogens with one attached hydrogen (secondary N) is 1. The van der Waals surface area contributed by atoms with Crippen LogP contribution in [0.4, 0.5) is 8.78 Å². The summed E-state index contributed by atoms with van der Waals surface area (Å²) in [7, 11) is 0. The summed E-state index contributed by atoms with van der Waals surface area (Å²) in [6.07, 6.45) is -2.75. The Bertz CT molecular complexity index is 378. The standard InChI is InChI=1S/C8H8ClF2NO2/c9-2-4-1-6(7(10)11)12-8(14)5(4)3-13/h1,7,13H,2-3H2,(H,12,14). The van der Waals surface area contributed by atoms with Crippen molar-refractivity contribution in [3.63, 3.8) is 0 Å². The third kappa shape index (κ3) is 2.10.